The van der Waals surface area contributed by atoms with Gasteiger partial charge in [0.05, 0.1) is 12.1 Å². The fraction of sp³-hybridized carbons (Fsp3) is 0.273. The molecule has 0 aliphatic carbocycles. The van der Waals surface area contributed by atoms with Crippen LogP contribution in [0.15, 0.2) is 18.2 Å². The van der Waals surface area contributed by atoms with Crippen molar-refractivity contribution in [3.8, 4) is 5.75 Å². The van der Waals surface area contributed by atoms with Gasteiger partial charge in [-0.1, -0.05) is 0 Å². The van der Waals surface area contributed by atoms with Gasteiger partial charge in [0, 0.05) is 6.07 Å². The molecule has 18 heavy (non-hydrogen) atoms. The van der Waals surface area contributed by atoms with E-state index < -0.39 is 35.6 Å². The molecular weight excluding hydrogens is 245 g/mol. The van der Waals surface area contributed by atoms with Gasteiger partial charge in [-0.3, -0.25) is 4.79 Å². The van der Waals surface area contributed by atoms with E-state index >= 15 is 0 Å². The van der Waals surface area contributed by atoms with Crippen LogP contribution in [-0.2, 0) is 4.79 Å². The lowest BCUT2D eigenvalue weighted by Gasteiger charge is -2.18. The molecule has 0 aliphatic heterocycles. The first-order chi connectivity index (χ1) is 8.24. The van der Waals surface area contributed by atoms with E-state index in [0.29, 0.717) is 0 Å². The molecule has 6 nitrogen and oxygen atoms in total. The van der Waals surface area contributed by atoms with Gasteiger partial charge in [-0.05, 0) is 19.1 Å². The Labute approximate surface area is 102 Å². The van der Waals surface area contributed by atoms with E-state index in [2.05, 4.69) is 5.32 Å². The van der Waals surface area contributed by atoms with E-state index in [4.69, 9.17) is 5.11 Å². The van der Waals surface area contributed by atoms with Crippen molar-refractivity contribution >= 4 is 11.9 Å². The maximum absolute atomic E-state index is 12.7. The highest BCUT2D eigenvalue weighted by atomic mass is 19.1. The number of amides is 1. The Morgan fingerprint density at radius 3 is 2.56 bits per heavy atom. The SMILES string of the molecule is CC(O)(CNC(=O)c1ccc(F)cc1O)C(=O)O. The zero-order chi connectivity index (χ0) is 13.9. The number of aromatic hydroxyl groups is 1. The first kappa shape index (κ1) is 13.9. The Bertz CT molecular complexity index is 486. The van der Waals surface area contributed by atoms with Crippen LogP contribution in [0, 0.1) is 5.82 Å². The number of nitrogens with one attached hydrogen (secondary N) is 1. The van der Waals surface area contributed by atoms with E-state index in [1.54, 1.807) is 0 Å². The van der Waals surface area contributed by atoms with Crippen molar-refractivity contribution in [2.75, 3.05) is 6.54 Å². The maximum Gasteiger partial charge on any atom is 0.337 e. The summed E-state index contributed by atoms with van der Waals surface area (Å²) in [6, 6.07) is 2.78. The first-order valence-electron chi connectivity index (χ1n) is 4.96. The van der Waals surface area contributed by atoms with Gasteiger partial charge >= 0.3 is 5.97 Å². The minimum absolute atomic E-state index is 0.211. The fourth-order valence-corrected chi connectivity index (χ4v) is 1.12. The molecule has 0 saturated heterocycles. The van der Waals surface area contributed by atoms with Crippen molar-refractivity contribution in [2.24, 2.45) is 0 Å². The third-order valence-electron chi connectivity index (χ3n) is 2.26. The average Bonchev–Trinajstić information content (AvgIpc) is 2.25. The lowest BCUT2D eigenvalue weighted by molar-refractivity contribution is -0.155. The molecule has 0 spiro atoms. The highest BCUT2D eigenvalue weighted by Crippen LogP contribution is 2.17. The van der Waals surface area contributed by atoms with E-state index in [9.17, 15) is 24.2 Å². The summed E-state index contributed by atoms with van der Waals surface area (Å²) in [6.45, 7) is 0.470. The molecule has 98 valence electrons. The Balaban J connectivity index is 2.75. The van der Waals surface area contributed by atoms with Crippen LogP contribution in [0.25, 0.3) is 0 Å². The Morgan fingerprint density at radius 2 is 2.06 bits per heavy atom. The van der Waals surface area contributed by atoms with E-state index in [-0.39, 0.29) is 5.56 Å². The number of rotatable bonds is 4. The number of halogens is 1. The summed E-state index contributed by atoms with van der Waals surface area (Å²) in [6.07, 6.45) is 0. The van der Waals surface area contributed by atoms with Gasteiger partial charge in [-0.15, -0.1) is 0 Å². The Hall–Kier alpha value is -2.15. The quantitative estimate of drug-likeness (QED) is 0.612. The van der Waals surface area contributed by atoms with Gasteiger partial charge in [-0.25, -0.2) is 9.18 Å². The van der Waals surface area contributed by atoms with E-state index in [1.165, 1.54) is 0 Å². The standard InChI is InChI=1S/C11H12FNO5/c1-11(18,10(16)17)5-13-9(15)7-3-2-6(12)4-8(7)14/h2-4,14,18H,5H2,1H3,(H,13,15)(H,16,17). The molecule has 0 radical (unpaired) electrons. The number of carboxylic acids is 1. The number of carbonyl (C=O) groups excluding carboxylic acids is 1. The van der Waals surface area contributed by atoms with Gasteiger partial charge in [0.15, 0.2) is 5.60 Å². The van der Waals surface area contributed by atoms with Crippen LogP contribution in [0.3, 0.4) is 0 Å². The second-order valence-corrected chi connectivity index (χ2v) is 3.92. The van der Waals surface area contributed by atoms with Gasteiger partial charge in [0.2, 0.25) is 0 Å². The Morgan fingerprint density at radius 1 is 1.44 bits per heavy atom. The number of carbonyl (C=O) groups is 2. The highest BCUT2D eigenvalue weighted by Gasteiger charge is 2.30. The van der Waals surface area contributed by atoms with Crippen molar-refractivity contribution in [3.05, 3.63) is 29.6 Å². The normalized spacial score (nSPS) is 13.7. The number of phenolic OH excluding ortho intramolecular Hbond substituents is 1. The second kappa shape index (κ2) is 5.01. The number of carboxylic acid groups (broad SMARTS) is 1. The predicted molar refractivity (Wildman–Crippen MR) is 58.7 cm³/mol. The summed E-state index contributed by atoms with van der Waals surface area (Å²) in [5, 5.41) is 29.4. The number of benzene rings is 1. The molecular formula is C11H12FNO5. The molecule has 1 aromatic rings. The van der Waals surface area contributed by atoms with Crippen molar-refractivity contribution < 1.29 is 29.3 Å². The van der Waals surface area contributed by atoms with Crippen LogP contribution in [-0.4, -0.2) is 39.3 Å². The lowest BCUT2D eigenvalue weighted by atomic mass is 10.1. The smallest absolute Gasteiger partial charge is 0.337 e. The summed E-state index contributed by atoms with van der Waals surface area (Å²) in [7, 11) is 0. The number of aliphatic hydroxyl groups is 1. The molecule has 1 rings (SSSR count). The molecule has 0 bridgehead atoms. The minimum atomic E-state index is -2.12. The molecule has 1 unspecified atom stereocenters. The van der Waals surface area contributed by atoms with E-state index in [1.807, 2.05) is 0 Å². The molecule has 1 aromatic carbocycles. The van der Waals surface area contributed by atoms with Gasteiger partial charge < -0.3 is 20.6 Å². The zero-order valence-corrected chi connectivity index (χ0v) is 9.48. The average molecular weight is 257 g/mol. The van der Waals surface area contributed by atoms with Gasteiger partial charge in [-0.2, -0.15) is 0 Å². The van der Waals surface area contributed by atoms with Crippen LogP contribution < -0.4 is 5.32 Å². The van der Waals surface area contributed by atoms with Crippen molar-refractivity contribution in [1.82, 2.24) is 5.32 Å². The fourth-order valence-electron chi connectivity index (χ4n) is 1.12. The Kier molecular flexibility index (Phi) is 3.87. The van der Waals surface area contributed by atoms with E-state index in [0.717, 1.165) is 25.1 Å². The predicted octanol–water partition coefficient (Wildman–Crippen LogP) is 0.0967. The minimum Gasteiger partial charge on any atom is -0.507 e. The summed E-state index contributed by atoms with van der Waals surface area (Å²) in [4.78, 5) is 22.1. The topological polar surface area (TPSA) is 107 Å². The first-order valence-corrected chi connectivity index (χ1v) is 4.96. The van der Waals surface area contributed by atoms with Gasteiger partial charge in [0.25, 0.3) is 5.91 Å². The molecule has 0 fully saturated rings. The third kappa shape index (κ3) is 3.17. The molecule has 7 heteroatoms. The largest absolute Gasteiger partial charge is 0.507 e. The monoisotopic (exact) mass is 257 g/mol. The van der Waals surface area contributed by atoms with Crippen LogP contribution in [0.5, 0.6) is 5.75 Å². The molecule has 0 aliphatic rings. The summed E-state index contributed by atoms with van der Waals surface area (Å²) in [5.41, 5.74) is -2.33. The zero-order valence-electron chi connectivity index (χ0n) is 9.48. The number of hydrogen-bond acceptors (Lipinski definition) is 4. The lowest BCUT2D eigenvalue weighted by Crippen LogP contribution is -2.46. The van der Waals surface area contributed by atoms with Crippen molar-refractivity contribution in [2.45, 2.75) is 12.5 Å². The third-order valence-corrected chi connectivity index (χ3v) is 2.26. The molecule has 1 amide bonds. The second-order valence-electron chi connectivity index (χ2n) is 3.92. The summed E-state index contributed by atoms with van der Waals surface area (Å²) >= 11 is 0. The van der Waals surface area contributed by atoms with Gasteiger partial charge in [0.1, 0.15) is 11.6 Å². The van der Waals surface area contributed by atoms with Crippen molar-refractivity contribution in [3.63, 3.8) is 0 Å². The van der Waals surface area contributed by atoms with Crippen LogP contribution in [0.1, 0.15) is 17.3 Å². The molecule has 0 heterocycles. The van der Waals surface area contributed by atoms with Crippen LogP contribution in [0.4, 0.5) is 4.39 Å². The number of phenols is 1. The highest BCUT2D eigenvalue weighted by molar-refractivity contribution is 5.97. The number of hydrogen-bond donors (Lipinski definition) is 4. The molecule has 0 saturated carbocycles. The summed E-state index contributed by atoms with van der Waals surface area (Å²) < 4.78 is 12.7. The van der Waals surface area contributed by atoms with Crippen molar-refractivity contribution in [1.29, 1.82) is 0 Å². The van der Waals surface area contributed by atoms with Crippen LogP contribution in [0.2, 0.25) is 0 Å². The molecule has 1 atom stereocenters. The van der Waals surface area contributed by atoms with Crippen LogP contribution >= 0.6 is 0 Å². The molecule has 4 N–H and O–H groups in total. The maximum atomic E-state index is 12.7. The number of aliphatic carboxylic acids is 1. The molecule has 0 aromatic heterocycles. The summed E-state index contributed by atoms with van der Waals surface area (Å²) in [5.74, 6) is -3.58.